The molecular formula is C19H21ClO6. The number of ether oxygens (including phenoxy) is 3. The fourth-order valence-electron chi connectivity index (χ4n) is 3.44. The number of hydrogen-bond acceptors (Lipinski definition) is 5. The zero-order valence-corrected chi connectivity index (χ0v) is 15.4. The number of rotatable bonds is 5. The van der Waals surface area contributed by atoms with Gasteiger partial charge in [0.05, 0.1) is 12.0 Å². The van der Waals surface area contributed by atoms with Gasteiger partial charge in [-0.05, 0) is 49.9 Å². The second-order valence-electron chi connectivity index (χ2n) is 6.74. The second kappa shape index (κ2) is 7.68. The molecule has 0 amide bonds. The van der Waals surface area contributed by atoms with E-state index in [-0.39, 0.29) is 36.3 Å². The van der Waals surface area contributed by atoms with Crippen LogP contribution in [0.1, 0.15) is 30.4 Å². The zero-order valence-electron chi connectivity index (χ0n) is 14.7. The van der Waals surface area contributed by atoms with Crippen molar-refractivity contribution in [3.05, 3.63) is 40.3 Å². The Morgan fingerprint density at radius 3 is 2.65 bits per heavy atom. The number of carbonyl (C=O) groups is 2. The fourth-order valence-corrected chi connectivity index (χ4v) is 3.55. The van der Waals surface area contributed by atoms with Crippen molar-refractivity contribution < 1.29 is 28.9 Å². The lowest BCUT2D eigenvalue weighted by atomic mass is 9.80. The first kappa shape index (κ1) is 18.7. The SMILES string of the molecule is Cc1cc(OC2=COC3CC(OCC(=O)O)CCC3C2=O)cc(C)c1Cl. The number of fused-ring (bicyclic) bond motifs is 1. The molecule has 1 aromatic carbocycles. The summed E-state index contributed by atoms with van der Waals surface area (Å²) in [5.41, 5.74) is 1.75. The fraction of sp³-hybridized carbons (Fsp3) is 0.474. The Balaban J connectivity index is 1.67. The number of aryl methyl sites for hydroxylation is 2. The maximum Gasteiger partial charge on any atom is 0.329 e. The highest BCUT2D eigenvalue weighted by Crippen LogP contribution is 2.35. The van der Waals surface area contributed by atoms with Crippen LogP contribution in [0.15, 0.2) is 24.2 Å². The van der Waals surface area contributed by atoms with Crippen molar-refractivity contribution in [2.75, 3.05) is 6.61 Å². The molecule has 26 heavy (non-hydrogen) atoms. The minimum Gasteiger partial charge on any atom is -0.493 e. The molecule has 3 atom stereocenters. The van der Waals surface area contributed by atoms with Crippen LogP contribution in [0.25, 0.3) is 0 Å². The van der Waals surface area contributed by atoms with Gasteiger partial charge in [-0.15, -0.1) is 0 Å². The number of aliphatic carboxylic acids is 1. The molecule has 0 bridgehead atoms. The van der Waals surface area contributed by atoms with Crippen molar-refractivity contribution in [1.82, 2.24) is 0 Å². The molecule has 140 valence electrons. The van der Waals surface area contributed by atoms with Crippen molar-refractivity contribution >= 4 is 23.4 Å². The molecule has 7 heteroatoms. The van der Waals surface area contributed by atoms with Gasteiger partial charge < -0.3 is 19.3 Å². The van der Waals surface area contributed by atoms with Gasteiger partial charge in [0.25, 0.3) is 0 Å². The van der Waals surface area contributed by atoms with Gasteiger partial charge in [0.1, 0.15) is 24.7 Å². The molecule has 1 fully saturated rings. The van der Waals surface area contributed by atoms with E-state index in [0.29, 0.717) is 30.0 Å². The van der Waals surface area contributed by atoms with Gasteiger partial charge in [-0.1, -0.05) is 11.6 Å². The molecule has 1 aromatic rings. The summed E-state index contributed by atoms with van der Waals surface area (Å²) in [6, 6.07) is 3.57. The Bertz CT molecular complexity index is 733. The molecule has 1 saturated carbocycles. The number of Topliss-reactive ketones (excluding diaryl/α,β-unsaturated/α-hetero) is 1. The number of halogens is 1. The van der Waals surface area contributed by atoms with Gasteiger partial charge >= 0.3 is 5.97 Å². The smallest absolute Gasteiger partial charge is 0.329 e. The summed E-state index contributed by atoms with van der Waals surface area (Å²) >= 11 is 6.16. The third kappa shape index (κ3) is 4.02. The van der Waals surface area contributed by atoms with Crippen LogP contribution in [0.5, 0.6) is 5.75 Å². The molecule has 2 aliphatic rings. The highest BCUT2D eigenvalue weighted by atomic mass is 35.5. The number of carbonyl (C=O) groups excluding carboxylic acids is 1. The van der Waals surface area contributed by atoms with Gasteiger partial charge in [-0.3, -0.25) is 4.79 Å². The average Bonchev–Trinajstić information content (AvgIpc) is 2.60. The lowest BCUT2D eigenvalue weighted by Gasteiger charge is -2.36. The van der Waals surface area contributed by atoms with E-state index in [2.05, 4.69) is 0 Å². The summed E-state index contributed by atoms with van der Waals surface area (Å²) in [4.78, 5) is 23.4. The molecule has 1 aliphatic carbocycles. The number of benzene rings is 1. The van der Waals surface area contributed by atoms with Crippen LogP contribution in [0, 0.1) is 19.8 Å². The van der Waals surface area contributed by atoms with Crippen LogP contribution in [0.4, 0.5) is 0 Å². The number of hydrogen-bond donors (Lipinski definition) is 1. The lowest BCUT2D eigenvalue weighted by Crippen LogP contribution is -2.42. The summed E-state index contributed by atoms with van der Waals surface area (Å²) in [6.07, 6.45) is 2.52. The first-order valence-electron chi connectivity index (χ1n) is 8.53. The Morgan fingerprint density at radius 1 is 1.31 bits per heavy atom. The Kier molecular flexibility index (Phi) is 5.53. The van der Waals surface area contributed by atoms with Gasteiger partial charge in [0, 0.05) is 11.4 Å². The molecule has 0 saturated heterocycles. The molecule has 3 unspecified atom stereocenters. The van der Waals surface area contributed by atoms with Gasteiger partial charge in [0.2, 0.25) is 11.5 Å². The predicted octanol–water partition coefficient (Wildman–Crippen LogP) is 3.41. The molecule has 6 nitrogen and oxygen atoms in total. The number of ketones is 1. The summed E-state index contributed by atoms with van der Waals surface area (Å²) in [7, 11) is 0. The summed E-state index contributed by atoms with van der Waals surface area (Å²) < 4.78 is 16.8. The Labute approximate surface area is 156 Å². The Morgan fingerprint density at radius 2 is 2.00 bits per heavy atom. The van der Waals surface area contributed by atoms with Crippen LogP contribution in [0.2, 0.25) is 5.02 Å². The number of carboxylic acid groups (broad SMARTS) is 1. The molecule has 0 aromatic heterocycles. The van der Waals surface area contributed by atoms with E-state index in [1.165, 1.54) is 6.26 Å². The van der Waals surface area contributed by atoms with Gasteiger partial charge in [-0.2, -0.15) is 0 Å². The molecule has 0 spiro atoms. The third-order valence-corrected chi connectivity index (χ3v) is 5.35. The molecule has 1 N–H and O–H groups in total. The normalized spacial score (nSPS) is 25.1. The van der Waals surface area contributed by atoms with Crippen molar-refractivity contribution in [3.8, 4) is 5.75 Å². The van der Waals surface area contributed by atoms with Gasteiger partial charge in [-0.25, -0.2) is 4.79 Å². The predicted molar refractivity (Wildman–Crippen MR) is 94.2 cm³/mol. The van der Waals surface area contributed by atoms with Crippen LogP contribution in [-0.4, -0.2) is 35.7 Å². The second-order valence-corrected chi connectivity index (χ2v) is 7.12. The monoisotopic (exact) mass is 380 g/mol. The van der Waals surface area contributed by atoms with Crippen LogP contribution in [0.3, 0.4) is 0 Å². The topological polar surface area (TPSA) is 82.1 Å². The first-order chi connectivity index (χ1) is 12.3. The number of carboxylic acids is 1. The van der Waals surface area contributed by atoms with E-state index >= 15 is 0 Å². The largest absolute Gasteiger partial charge is 0.493 e. The van der Waals surface area contributed by atoms with Crippen LogP contribution >= 0.6 is 11.6 Å². The maximum absolute atomic E-state index is 12.7. The zero-order chi connectivity index (χ0) is 18.8. The van der Waals surface area contributed by atoms with E-state index < -0.39 is 5.97 Å². The van der Waals surface area contributed by atoms with Crippen LogP contribution in [-0.2, 0) is 19.1 Å². The molecule has 0 radical (unpaired) electrons. The standard InChI is InChI=1S/C19H21ClO6/c1-10-5-13(6-11(2)18(10)20)26-16-8-25-15-7-12(24-9-17(21)22)3-4-14(15)19(16)23/h5-6,8,12,14-15H,3-4,7,9H2,1-2H3,(H,21,22). The molecule has 3 rings (SSSR count). The van der Waals surface area contributed by atoms with Crippen molar-refractivity contribution in [2.24, 2.45) is 5.92 Å². The van der Waals surface area contributed by atoms with Crippen LogP contribution < -0.4 is 4.74 Å². The minimum atomic E-state index is -1.00. The summed E-state index contributed by atoms with van der Waals surface area (Å²) in [5.74, 6) is -0.670. The lowest BCUT2D eigenvalue weighted by molar-refractivity contribution is -0.149. The highest BCUT2D eigenvalue weighted by Gasteiger charge is 2.41. The molecule has 1 aliphatic heterocycles. The van der Waals surface area contributed by atoms with Crippen molar-refractivity contribution in [2.45, 2.75) is 45.3 Å². The minimum absolute atomic E-state index is 0.0943. The molecule has 1 heterocycles. The van der Waals surface area contributed by atoms with E-state index in [4.69, 9.17) is 30.9 Å². The van der Waals surface area contributed by atoms with E-state index in [1.54, 1.807) is 12.1 Å². The van der Waals surface area contributed by atoms with E-state index in [0.717, 1.165) is 11.1 Å². The Hall–Kier alpha value is -2.05. The summed E-state index contributed by atoms with van der Waals surface area (Å²) in [6.45, 7) is 3.42. The van der Waals surface area contributed by atoms with Gasteiger partial charge in [0.15, 0.2) is 0 Å². The van der Waals surface area contributed by atoms with E-state index in [9.17, 15) is 9.59 Å². The molecular weight excluding hydrogens is 360 g/mol. The highest BCUT2D eigenvalue weighted by molar-refractivity contribution is 6.32. The maximum atomic E-state index is 12.7. The average molecular weight is 381 g/mol. The third-order valence-electron chi connectivity index (χ3n) is 4.75. The quantitative estimate of drug-likeness (QED) is 0.842. The first-order valence-corrected chi connectivity index (χ1v) is 8.90. The summed E-state index contributed by atoms with van der Waals surface area (Å²) in [5, 5.41) is 9.38. The number of allylic oxidation sites excluding steroid dienone is 1. The van der Waals surface area contributed by atoms with Crippen molar-refractivity contribution in [1.29, 1.82) is 0 Å². The van der Waals surface area contributed by atoms with Crippen molar-refractivity contribution in [3.63, 3.8) is 0 Å². The van der Waals surface area contributed by atoms with E-state index in [1.807, 2.05) is 13.8 Å².